The molecular formula is C14H26O2. The topological polar surface area (TPSA) is 34.1 Å². The minimum Gasteiger partial charge on any atom is -0.303 e. The maximum absolute atomic E-state index is 11.7. The van der Waals surface area contributed by atoms with Gasteiger partial charge in [-0.15, -0.1) is 0 Å². The Morgan fingerprint density at radius 1 is 1.25 bits per heavy atom. The molecule has 0 N–H and O–H groups in total. The molecule has 94 valence electrons. The molecule has 0 radical (unpaired) electrons. The molecule has 1 unspecified atom stereocenters. The van der Waals surface area contributed by atoms with Gasteiger partial charge in [-0.1, -0.05) is 33.6 Å². The Morgan fingerprint density at radius 2 is 1.94 bits per heavy atom. The molecule has 16 heavy (non-hydrogen) atoms. The molecule has 0 aromatic carbocycles. The third kappa shape index (κ3) is 8.63. The highest BCUT2D eigenvalue weighted by atomic mass is 16.1. The molecule has 0 heterocycles. The molecule has 0 aliphatic rings. The van der Waals surface area contributed by atoms with Crippen LogP contribution in [0, 0.1) is 11.8 Å². The number of Topliss-reactive ketones (excluding diaryl/α,β-unsaturated/α-hetero) is 1. The first-order valence-corrected chi connectivity index (χ1v) is 6.55. The van der Waals surface area contributed by atoms with Crippen LogP contribution in [0.3, 0.4) is 0 Å². The summed E-state index contributed by atoms with van der Waals surface area (Å²) in [6.45, 7) is 6.45. The minimum atomic E-state index is 0.286. The van der Waals surface area contributed by atoms with Crippen molar-refractivity contribution in [1.29, 1.82) is 0 Å². The third-order valence-electron chi connectivity index (χ3n) is 2.88. The van der Waals surface area contributed by atoms with E-state index in [2.05, 4.69) is 20.8 Å². The van der Waals surface area contributed by atoms with Crippen molar-refractivity contribution in [1.82, 2.24) is 0 Å². The van der Waals surface area contributed by atoms with Crippen molar-refractivity contribution in [2.75, 3.05) is 0 Å². The fourth-order valence-electron chi connectivity index (χ4n) is 1.98. The van der Waals surface area contributed by atoms with Gasteiger partial charge in [0.1, 0.15) is 12.1 Å². The normalized spacial score (nSPS) is 12.8. The molecule has 0 aromatic rings. The standard InChI is InChI=1S/C14H26O2/c1-4-6-13(9-10-15)11-14(16)8-5-7-12(2)3/h10,12-13H,4-9,11H2,1-3H3. The third-order valence-corrected chi connectivity index (χ3v) is 2.88. The zero-order valence-corrected chi connectivity index (χ0v) is 11.0. The van der Waals surface area contributed by atoms with Crippen molar-refractivity contribution in [3.63, 3.8) is 0 Å². The molecule has 0 aliphatic heterocycles. The second kappa shape index (κ2) is 9.56. The molecule has 0 aromatic heterocycles. The number of hydrogen-bond donors (Lipinski definition) is 0. The molecule has 0 bridgehead atoms. The average molecular weight is 226 g/mol. The van der Waals surface area contributed by atoms with Crippen LogP contribution in [0.2, 0.25) is 0 Å². The van der Waals surface area contributed by atoms with Gasteiger partial charge in [-0.2, -0.15) is 0 Å². The van der Waals surface area contributed by atoms with Crippen LogP contribution in [0.5, 0.6) is 0 Å². The average Bonchev–Trinajstić information content (AvgIpc) is 2.17. The molecular weight excluding hydrogens is 200 g/mol. The zero-order chi connectivity index (χ0) is 12.4. The summed E-state index contributed by atoms with van der Waals surface area (Å²) in [4.78, 5) is 22.1. The van der Waals surface area contributed by atoms with Crippen LogP contribution in [0.15, 0.2) is 0 Å². The van der Waals surface area contributed by atoms with Crippen LogP contribution >= 0.6 is 0 Å². The van der Waals surface area contributed by atoms with E-state index in [0.29, 0.717) is 31.0 Å². The van der Waals surface area contributed by atoms with Gasteiger partial charge in [0.2, 0.25) is 0 Å². The Bertz CT molecular complexity index is 197. The summed E-state index contributed by atoms with van der Waals surface area (Å²) in [5.41, 5.74) is 0. The molecule has 2 nitrogen and oxygen atoms in total. The summed E-state index contributed by atoms with van der Waals surface area (Å²) in [7, 11) is 0. The highest BCUT2D eigenvalue weighted by Crippen LogP contribution is 2.17. The molecule has 2 heteroatoms. The fraction of sp³-hybridized carbons (Fsp3) is 0.857. The van der Waals surface area contributed by atoms with Crippen LogP contribution in [0.25, 0.3) is 0 Å². The van der Waals surface area contributed by atoms with Gasteiger partial charge in [-0.3, -0.25) is 4.79 Å². The van der Waals surface area contributed by atoms with Crippen molar-refractivity contribution in [3.05, 3.63) is 0 Å². The lowest BCUT2D eigenvalue weighted by Crippen LogP contribution is -2.09. The van der Waals surface area contributed by atoms with Crippen molar-refractivity contribution in [2.45, 2.75) is 65.7 Å². The maximum Gasteiger partial charge on any atom is 0.133 e. The van der Waals surface area contributed by atoms with Gasteiger partial charge in [0.25, 0.3) is 0 Å². The van der Waals surface area contributed by atoms with Gasteiger partial charge in [0.15, 0.2) is 0 Å². The Labute approximate surface area is 99.8 Å². The van der Waals surface area contributed by atoms with E-state index in [9.17, 15) is 9.59 Å². The number of carbonyl (C=O) groups is 2. The van der Waals surface area contributed by atoms with Crippen molar-refractivity contribution < 1.29 is 9.59 Å². The van der Waals surface area contributed by atoms with Crippen molar-refractivity contribution in [3.8, 4) is 0 Å². The number of hydrogen-bond acceptors (Lipinski definition) is 2. The molecule has 1 atom stereocenters. The number of rotatable bonds is 10. The van der Waals surface area contributed by atoms with Gasteiger partial charge < -0.3 is 4.79 Å². The van der Waals surface area contributed by atoms with E-state index in [1.54, 1.807) is 0 Å². The van der Waals surface area contributed by atoms with Crippen LogP contribution < -0.4 is 0 Å². The molecule has 0 spiro atoms. The predicted octanol–water partition coefficient (Wildman–Crippen LogP) is 3.78. The highest BCUT2D eigenvalue weighted by molar-refractivity contribution is 5.78. The van der Waals surface area contributed by atoms with Gasteiger partial charge in [-0.05, 0) is 24.7 Å². The smallest absolute Gasteiger partial charge is 0.133 e. The second-order valence-electron chi connectivity index (χ2n) is 5.09. The van der Waals surface area contributed by atoms with Crippen LogP contribution in [0.4, 0.5) is 0 Å². The Morgan fingerprint density at radius 3 is 2.44 bits per heavy atom. The van der Waals surface area contributed by atoms with Gasteiger partial charge >= 0.3 is 0 Å². The van der Waals surface area contributed by atoms with Crippen LogP contribution in [0.1, 0.15) is 65.7 Å². The van der Waals surface area contributed by atoms with E-state index in [1.807, 2.05) is 0 Å². The van der Waals surface area contributed by atoms with E-state index < -0.39 is 0 Å². The van der Waals surface area contributed by atoms with Gasteiger partial charge in [0.05, 0.1) is 0 Å². The van der Waals surface area contributed by atoms with E-state index in [1.165, 1.54) is 0 Å². The summed E-state index contributed by atoms with van der Waals surface area (Å²) < 4.78 is 0. The van der Waals surface area contributed by atoms with E-state index in [4.69, 9.17) is 0 Å². The van der Waals surface area contributed by atoms with Gasteiger partial charge in [0, 0.05) is 19.3 Å². The van der Waals surface area contributed by atoms with Crippen LogP contribution in [-0.2, 0) is 9.59 Å². The van der Waals surface area contributed by atoms with Crippen LogP contribution in [-0.4, -0.2) is 12.1 Å². The van der Waals surface area contributed by atoms with E-state index >= 15 is 0 Å². The molecule has 0 fully saturated rings. The number of aldehydes is 1. The number of ketones is 1. The molecule has 0 saturated carbocycles. The zero-order valence-electron chi connectivity index (χ0n) is 11.0. The largest absolute Gasteiger partial charge is 0.303 e. The first-order chi connectivity index (χ1) is 7.60. The lowest BCUT2D eigenvalue weighted by molar-refractivity contribution is -0.120. The number of carbonyl (C=O) groups excluding carboxylic acids is 2. The quantitative estimate of drug-likeness (QED) is 0.531. The summed E-state index contributed by atoms with van der Waals surface area (Å²) in [5, 5.41) is 0. The summed E-state index contributed by atoms with van der Waals surface area (Å²) in [5.74, 6) is 1.30. The SMILES string of the molecule is CCCC(CC=O)CC(=O)CCCC(C)C. The lowest BCUT2D eigenvalue weighted by atomic mass is 9.92. The Kier molecular flexibility index (Phi) is 9.16. The van der Waals surface area contributed by atoms with Crippen molar-refractivity contribution >= 4 is 12.1 Å². The lowest BCUT2D eigenvalue weighted by Gasteiger charge is -2.12. The molecule has 0 amide bonds. The second-order valence-corrected chi connectivity index (χ2v) is 5.09. The fourth-order valence-corrected chi connectivity index (χ4v) is 1.98. The first kappa shape index (κ1) is 15.3. The summed E-state index contributed by atoms with van der Waals surface area (Å²) in [6, 6.07) is 0. The van der Waals surface area contributed by atoms with E-state index in [-0.39, 0.29) is 5.92 Å². The first-order valence-electron chi connectivity index (χ1n) is 6.55. The summed E-state index contributed by atoms with van der Waals surface area (Å²) in [6.07, 6.45) is 6.95. The van der Waals surface area contributed by atoms with Crippen molar-refractivity contribution in [2.24, 2.45) is 11.8 Å². The summed E-state index contributed by atoms with van der Waals surface area (Å²) >= 11 is 0. The Hall–Kier alpha value is -0.660. The van der Waals surface area contributed by atoms with Gasteiger partial charge in [-0.25, -0.2) is 0 Å². The maximum atomic E-state index is 11.7. The minimum absolute atomic E-state index is 0.286. The van der Waals surface area contributed by atoms with E-state index in [0.717, 1.165) is 32.0 Å². The monoisotopic (exact) mass is 226 g/mol. The highest BCUT2D eigenvalue weighted by Gasteiger charge is 2.12. The Balaban J connectivity index is 3.76. The predicted molar refractivity (Wildman–Crippen MR) is 67.4 cm³/mol. The molecule has 0 rings (SSSR count). The molecule has 0 saturated heterocycles. The molecule has 0 aliphatic carbocycles.